The average Bonchev–Trinajstić information content (AvgIpc) is 3.33. The van der Waals surface area contributed by atoms with Crippen LogP contribution in [-0.4, -0.2) is 50.4 Å². The maximum absolute atomic E-state index is 12.4. The van der Waals surface area contributed by atoms with Crippen LogP contribution in [-0.2, 0) is 11.3 Å². The van der Waals surface area contributed by atoms with E-state index < -0.39 is 0 Å². The molecule has 0 saturated carbocycles. The number of amides is 3. The zero-order chi connectivity index (χ0) is 21.1. The van der Waals surface area contributed by atoms with Crippen molar-refractivity contribution in [3.63, 3.8) is 0 Å². The lowest BCUT2D eigenvalue weighted by Gasteiger charge is -2.13. The van der Waals surface area contributed by atoms with E-state index in [2.05, 4.69) is 15.5 Å². The van der Waals surface area contributed by atoms with Crippen molar-refractivity contribution in [2.45, 2.75) is 11.7 Å². The monoisotopic (exact) mass is 461 g/mol. The summed E-state index contributed by atoms with van der Waals surface area (Å²) in [7, 11) is 0. The number of hydrogen-bond donors (Lipinski definition) is 1. The lowest BCUT2D eigenvalue weighted by atomic mass is 10.2. The van der Waals surface area contributed by atoms with Gasteiger partial charge in [-0.2, -0.15) is 0 Å². The van der Waals surface area contributed by atoms with E-state index in [9.17, 15) is 9.59 Å². The predicted molar refractivity (Wildman–Crippen MR) is 117 cm³/mol. The molecule has 0 unspecified atom stereocenters. The SMILES string of the molecule is O=C(CSc1nnc(-c2ccc(Cl)cc2Cl)n1Cc1ccccc1)N1CCNC1=O. The van der Waals surface area contributed by atoms with E-state index in [1.165, 1.54) is 16.7 Å². The van der Waals surface area contributed by atoms with Gasteiger partial charge in [0.2, 0.25) is 5.91 Å². The molecule has 1 aliphatic rings. The van der Waals surface area contributed by atoms with Gasteiger partial charge < -0.3 is 5.32 Å². The zero-order valence-corrected chi connectivity index (χ0v) is 18.0. The Kier molecular flexibility index (Phi) is 6.26. The maximum atomic E-state index is 12.4. The van der Waals surface area contributed by atoms with Crippen LogP contribution in [0.1, 0.15) is 5.56 Å². The van der Waals surface area contributed by atoms with Crippen LogP contribution in [0.15, 0.2) is 53.7 Å². The molecular formula is C20H17Cl2N5O2S. The molecule has 0 bridgehead atoms. The van der Waals surface area contributed by atoms with Crippen LogP contribution in [0, 0.1) is 0 Å². The molecule has 30 heavy (non-hydrogen) atoms. The Morgan fingerprint density at radius 1 is 1.13 bits per heavy atom. The fourth-order valence-electron chi connectivity index (χ4n) is 3.09. The van der Waals surface area contributed by atoms with Crippen LogP contribution in [0.2, 0.25) is 10.0 Å². The molecule has 1 N–H and O–H groups in total. The lowest BCUT2D eigenvalue weighted by Crippen LogP contribution is -2.35. The van der Waals surface area contributed by atoms with E-state index in [0.29, 0.717) is 46.2 Å². The topological polar surface area (TPSA) is 80.1 Å². The van der Waals surface area contributed by atoms with Crippen molar-refractivity contribution in [1.82, 2.24) is 25.0 Å². The molecule has 1 saturated heterocycles. The Morgan fingerprint density at radius 3 is 2.63 bits per heavy atom. The maximum Gasteiger partial charge on any atom is 0.324 e. The molecule has 3 aromatic rings. The molecule has 2 heterocycles. The van der Waals surface area contributed by atoms with Gasteiger partial charge in [0.05, 0.1) is 17.3 Å². The summed E-state index contributed by atoms with van der Waals surface area (Å²) in [6.45, 7) is 1.35. The highest BCUT2D eigenvalue weighted by molar-refractivity contribution is 7.99. The van der Waals surface area contributed by atoms with Crippen LogP contribution >= 0.6 is 35.0 Å². The Balaban J connectivity index is 1.63. The van der Waals surface area contributed by atoms with Crippen LogP contribution in [0.5, 0.6) is 0 Å². The molecule has 0 spiro atoms. The molecular weight excluding hydrogens is 445 g/mol. The van der Waals surface area contributed by atoms with Crippen molar-refractivity contribution in [3.8, 4) is 11.4 Å². The summed E-state index contributed by atoms with van der Waals surface area (Å²) in [6, 6.07) is 14.7. The number of nitrogens with zero attached hydrogens (tertiary/aromatic N) is 4. The molecule has 3 amide bonds. The van der Waals surface area contributed by atoms with Crippen LogP contribution in [0.3, 0.4) is 0 Å². The molecule has 1 fully saturated rings. The third-order valence-electron chi connectivity index (χ3n) is 4.55. The fourth-order valence-corrected chi connectivity index (χ4v) is 4.39. The van der Waals surface area contributed by atoms with Gasteiger partial charge in [-0.1, -0.05) is 65.3 Å². The number of carbonyl (C=O) groups excluding carboxylic acids is 2. The largest absolute Gasteiger partial charge is 0.336 e. The Labute approximate surface area is 187 Å². The van der Waals surface area contributed by atoms with Crippen molar-refractivity contribution in [3.05, 3.63) is 64.1 Å². The van der Waals surface area contributed by atoms with Crippen molar-refractivity contribution in [2.75, 3.05) is 18.8 Å². The number of urea groups is 1. The third-order valence-corrected chi connectivity index (χ3v) is 6.05. The van der Waals surface area contributed by atoms with Gasteiger partial charge in [0, 0.05) is 23.7 Å². The summed E-state index contributed by atoms with van der Waals surface area (Å²) >= 11 is 13.7. The number of imide groups is 1. The van der Waals surface area contributed by atoms with E-state index in [0.717, 1.165) is 5.56 Å². The first-order chi connectivity index (χ1) is 14.5. The molecule has 0 atom stereocenters. The number of benzene rings is 2. The molecule has 0 radical (unpaired) electrons. The van der Waals surface area contributed by atoms with Gasteiger partial charge in [-0.3, -0.25) is 14.3 Å². The number of rotatable bonds is 6. The number of hydrogen-bond acceptors (Lipinski definition) is 5. The number of carbonyl (C=O) groups is 2. The minimum atomic E-state index is -0.361. The van der Waals surface area contributed by atoms with Gasteiger partial charge in [0.1, 0.15) is 0 Å². The first-order valence-electron chi connectivity index (χ1n) is 9.16. The third kappa shape index (κ3) is 4.45. The molecule has 1 aromatic heterocycles. The quantitative estimate of drug-likeness (QED) is 0.562. The average molecular weight is 462 g/mol. The molecule has 154 valence electrons. The Hall–Kier alpha value is -2.55. The summed E-state index contributed by atoms with van der Waals surface area (Å²) < 4.78 is 1.91. The van der Waals surface area contributed by atoms with Crippen LogP contribution < -0.4 is 5.32 Å². The van der Waals surface area contributed by atoms with Gasteiger partial charge in [0.15, 0.2) is 11.0 Å². The second kappa shape index (κ2) is 9.07. The van der Waals surface area contributed by atoms with Gasteiger partial charge in [-0.25, -0.2) is 4.79 Å². The lowest BCUT2D eigenvalue weighted by molar-refractivity contribution is -0.124. The second-order valence-corrected chi connectivity index (χ2v) is 8.35. The van der Waals surface area contributed by atoms with E-state index in [1.54, 1.807) is 18.2 Å². The van der Waals surface area contributed by atoms with Crippen LogP contribution in [0.25, 0.3) is 11.4 Å². The Bertz CT molecular complexity index is 1090. The number of halogens is 2. The fraction of sp³-hybridized carbons (Fsp3) is 0.200. The first-order valence-corrected chi connectivity index (χ1v) is 10.9. The summed E-state index contributed by atoms with van der Waals surface area (Å²) in [5.41, 5.74) is 1.75. The van der Waals surface area contributed by atoms with Crippen molar-refractivity contribution >= 4 is 46.9 Å². The summed E-state index contributed by atoms with van der Waals surface area (Å²) in [5.74, 6) is 0.388. The normalized spacial score (nSPS) is 13.5. The standard InChI is InChI=1S/C20H17Cl2N5O2S/c21-14-6-7-15(16(22)10-14)18-24-25-20(27(18)11-13-4-2-1-3-5-13)30-12-17(28)26-9-8-23-19(26)29/h1-7,10H,8-9,11-12H2,(H,23,29). The second-order valence-electron chi connectivity index (χ2n) is 6.57. The van der Waals surface area contributed by atoms with Crippen molar-refractivity contribution in [2.24, 2.45) is 0 Å². The van der Waals surface area contributed by atoms with Gasteiger partial charge in [0.25, 0.3) is 0 Å². The van der Waals surface area contributed by atoms with E-state index >= 15 is 0 Å². The van der Waals surface area contributed by atoms with E-state index in [-0.39, 0.29) is 17.7 Å². The van der Waals surface area contributed by atoms with E-state index in [1.807, 2.05) is 34.9 Å². The molecule has 4 rings (SSSR count). The van der Waals surface area contributed by atoms with Crippen molar-refractivity contribution in [1.29, 1.82) is 0 Å². The molecule has 0 aliphatic carbocycles. The number of aromatic nitrogens is 3. The van der Waals surface area contributed by atoms with Crippen molar-refractivity contribution < 1.29 is 9.59 Å². The molecule has 10 heteroatoms. The highest BCUT2D eigenvalue weighted by atomic mass is 35.5. The Morgan fingerprint density at radius 2 is 1.93 bits per heavy atom. The minimum Gasteiger partial charge on any atom is -0.336 e. The number of nitrogens with one attached hydrogen (secondary N) is 1. The molecule has 2 aromatic carbocycles. The van der Waals surface area contributed by atoms with E-state index in [4.69, 9.17) is 23.2 Å². The molecule has 7 nitrogen and oxygen atoms in total. The summed E-state index contributed by atoms with van der Waals surface area (Å²) in [4.78, 5) is 25.3. The number of thioether (sulfide) groups is 1. The minimum absolute atomic E-state index is 0.0781. The summed E-state index contributed by atoms with van der Waals surface area (Å²) in [5, 5.41) is 12.8. The van der Waals surface area contributed by atoms with Crippen LogP contribution in [0.4, 0.5) is 4.79 Å². The first kappa shape index (κ1) is 20.7. The van der Waals surface area contributed by atoms with Gasteiger partial charge in [-0.05, 0) is 23.8 Å². The van der Waals surface area contributed by atoms with Gasteiger partial charge >= 0.3 is 6.03 Å². The molecule has 1 aliphatic heterocycles. The highest BCUT2D eigenvalue weighted by Crippen LogP contribution is 2.32. The van der Waals surface area contributed by atoms with Gasteiger partial charge in [-0.15, -0.1) is 10.2 Å². The predicted octanol–water partition coefficient (Wildman–Crippen LogP) is 3.94. The highest BCUT2D eigenvalue weighted by Gasteiger charge is 2.27. The summed E-state index contributed by atoms with van der Waals surface area (Å²) in [6.07, 6.45) is 0. The zero-order valence-electron chi connectivity index (χ0n) is 15.7. The smallest absolute Gasteiger partial charge is 0.324 e.